The van der Waals surface area contributed by atoms with E-state index in [2.05, 4.69) is 41.2 Å². The lowest BCUT2D eigenvalue weighted by molar-refractivity contribution is 0.777. The largest absolute Gasteiger partial charge is 0.357 e. The van der Waals surface area contributed by atoms with Crippen molar-refractivity contribution < 1.29 is 0 Å². The lowest BCUT2D eigenvalue weighted by atomic mass is 10.3. The Morgan fingerprint density at radius 3 is 2.57 bits per heavy atom. The van der Waals surface area contributed by atoms with Crippen molar-refractivity contribution in [3.05, 3.63) is 23.9 Å². The van der Waals surface area contributed by atoms with E-state index in [1.165, 1.54) is 0 Å². The van der Waals surface area contributed by atoms with E-state index in [4.69, 9.17) is 0 Å². The summed E-state index contributed by atoms with van der Waals surface area (Å²) in [7, 11) is 1.94. The van der Waals surface area contributed by atoms with Gasteiger partial charge < -0.3 is 10.2 Å². The Bertz CT molecular complexity index is 269. The van der Waals surface area contributed by atoms with Gasteiger partial charge in [0.2, 0.25) is 0 Å². The van der Waals surface area contributed by atoms with E-state index in [1.54, 1.807) is 0 Å². The fraction of sp³-hybridized carbons (Fsp3) is 0.545. The fourth-order valence-corrected chi connectivity index (χ4v) is 1.47. The molecule has 78 valence electrons. The van der Waals surface area contributed by atoms with Gasteiger partial charge in [-0.1, -0.05) is 6.07 Å². The average molecular weight is 193 g/mol. The van der Waals surface area contributed by atoms with E-state index in [1.807, 2.05) is 13.1 Å². The number of nitrogens with one attached hydrogen (secondary N) is 1. The van der Waals surface area contributed by atoms with Gasteiger partial charge in [-0.2, -0.15) is 0 Å². The molecule has 0 atom stereocenters. The maximum atomic E-state index is 4.57. The Kier molecular flexibility index (Phi) is 4.40. The van der Waals surface area contributed by atoms with Crippen LogP contribution in [0, 0.1) is 0 Å². The second kappa shape index (κ2) is 5.60. The topological polar surface area (TPSA) is 28.2 Å². The predicted octanol–water partition coefficient (Wildman–Crippen LogP) is 1.65. The van der Waals surface area contributed by atoms with E-state index in [0.29, 0.717) is 0 Å². The molecule has 0 saturated heterocycles. The third-order valence-corrected chi connectivity index (χ3v) is 2.24. The molecule has 0 saturated carbocycles. The summed E-state index contributed by atoms with van der Waals surface area (Å²) in [6, 6.07) is 6.17. The number of nitrogens with zero attached hydrogens (tertiary/aromatic N) is 2. The van der Waals surface area contributed by atoms with Crippen molar-refractivity contribution in [3.8, 4) is 0 Å². The van der Waals surface area contributed by atoms with E-state index in [9.17, 15) is 0 Å². The van der Waals surface area contributed by atoms with Crippen LogP contribution in [0.4, 0.5) is 5.82 Å². The van der Waals surface area contributed by atoms with Crippen LogP contribution in [0.1, 0.15) is 19.5 Å². The molecule has 3 nitrogen and oxygen atoms in total. The first-order valence-corrected chi connectivity index (χ1v) is 5.17. The van der Waals surface area contributed by atoms with Gasteiger partial charge in [-0.25, -0.2) is 4.98 Å². The standard InChI is InChI=1S/C11H19N3/c1-4-14(5-2)11-8-6-7-10(13-11)9-12-3/h6-8,12H,4-5,9H2,1-3H3. The molecule has 0 bridgehead atoms. The Hall–Kier alpha value is -1.09. The fourth-order valence-electron chi connectivity index (χ4n) is 1.47. The summed E-state index contributed by atoms with van der Waals surface area (Å²) >= 11 is 0. The summed E-state index contributed by atoms with van der Waals surface area (Å²) in [5.74, 6) is 1.07. The smallest absolute Gasteiger partial charge is 0.128 e. The molecule has 0 amide bonds. The molecule has 1 heterocycles. The predicted molar refractivity (Wildman–Crippen MR) is 60.6 cm³/mol. The van der Waals surface area contributed by atoms with Crippen LogP contribution < -0.4 is 10.2 Å². The molecule has 1 aromatic heterocycles. The molecule has 0 aliphatic rings. The minimum atomic E-state index is 0.828. The van der Waals surface area contributed by atoms with Gasteiger partial charge in [-0.15, -0.1) is 0 Å². The van der Waals surface area contributed by atoms with Crippen LogP contribution in [0.3, 0.4) is 0 Å². The lowest BCUT2D eigenvalue weighted by Crippen LogP contribution is -2.23. The summed E-state index contributed by atoms with van der Waals surface area (Å²) in [6.45, 7) is 7.14. The second-order valence-corrected chi connectivity index (χ2v) is 3.19. The van der Waals surface area contributed by atoms with Crippen molar-refractivity contribution in [3.63, 3.8) is 0 Å². The molecule has 0 fully saturated rings. The van der Waals surface area contributed by atoms with Gasteiger partial charge >= 0.3 is 0 Å². The molecule has 1 aromatic rings. The summed E-state index contributed by atoms with van der Waals surface area (Å²) < 4.78 is 0. The summed E-state index contributed by atoms with van der Waals surface area (Å²) in [5, 5.41) is 3.11. The van der Waals surface area contributed by atoms with Gasteiger partial charge in [-0.3, -0.25) is 0 Å². The van der Waals surface area contributed by atoms with Crippen LogP contribution >= 0.6 is 0 Å². The first-order valence-electron chi connectivity index (χ1n) is 5.17. The molecule has 0 spiro atoms. The first-order chi connectivity index (χ1) is 6.81. The highest BCUT2D eigenvalue weighted by Gasteiger charge is 2.03. The minimum absolute atomic E-state index is 0.828. The zero-order chi connectivity index (χ0) is 10.4. The zero-order valence-electron chi connectivity index (χ0n) is 9.25. The molecule has 0 aromatic carbocycles. The zero-order valence-corrected chi connectivity index (χ0v) is 9.25. The van der Waals surface area contributed by atoms with Crippen LogP contribution in [-0.2, 0) is 6.54 Å². The summed E-state index contributed by atoms with van der Waals surface area (Å²) in [6.07, 6.45) is 0. The van der Waals surface area contributed by atoms with Crippen molar-refractivity contribution in [2.24, 2.45) is 0 Å². The van der Waals surface area contributed by atoms with Crippen molar-refractivity contribution in [1.82, 2.24) is 10.3 Å². The maximum absolute atomic E-state index is 4.57. The number of anilines is 1. The minimum Gasteiger partial charge on any atom is -0.357 e. The van der Waals surface area contributed by atoms with Crippen molar-refractivity contribution in [2.75, 3.05) is 25.0 Å². The van der Waals surface area contributed by atoms with E-state index in [0.717, 1.165) is 31.1 Å². The summed E-state index contributed by atoms with van der Waals surface area (Å²) in [4.78, 5) is 6.82. The molecule has 0 aliphatic heterocycles. The molecule has 0 unspecified atom stereocenters. The van der Waals surface area contributed by atoms with E-state index >= 15 is 0 Å². The number of aromatic nitrogens is 1. The highest BCUT2D eigenvalue weighted by molar-refractivity contribution is 5.38. The van der Waals surface area contributed by atoms with Gasteiger partial charge in [0.25, 0.3) is 0 Å². The van der Waals surface area contributed by atoms with Crippen molar-refractivity contribution in [2.45, 2.75) is 20.4 Å². The Balaban J connectivity index is 2.81. The Morgan fingerprint density at radius 2 is 2.00 bits per heavy atom. The lowest BCUT2D eigenvalue weighted by Gasteiger charge is -2.20. The molecule has 14 heavy (non-hydrogen) atoms. The number of hydrogen-bond acceptors (Lipinski definition) is 3. The normalized spacial score (nSPS) is 10.2. The van der Waals surface area contributed by atoms with Crippen LogP contribution in [0.5, 0.6) is 0 Å². The van der Waals surface area contributed by atoms with Crippen LogP contribution in [0.2, 0.25) is 0 Å². The SMILES string of the molecule is CCN(CC)c1cccc(CNC)n1. The molecule has 0 aliphatic carbocycles. The van der Waals surface area contributed by atoms with Gasteiger partial charge in [0, 0.05) is 19.6 Å². The summed E-state index contributed by atoms with van der Waals surface area (Å²) in [5.41, 5.74) is 1.09. The second-order valence-electron chi connectivity index (χ2n) is 3.19. The average Bonchev–Trinajstić information content (AvgIpc) is 2.21. The van der Waals surface area contributed by atoms with Gasteiger partial charge in [0.1, 0.15) is 5.82 Å². The maximum Gasteiger partial charge on any atom is 0.128 e. The number of hydrogen-bond donors (Lipinski definition) is 1. The quantitative estimate of drug-likeness (QED) is 0.770. The van der Waals surface area contributed by atoms with Gasteiger partial charge in [-0.05, 0) is 33.0 Å². The number of rotatable bonds is 5. The van der Waals surface area contributed by atoms with Gasteiger partial charge in [0.15, 0.2) is 0 Å². The van der Waals surface area contributed by atoms with Gasteiger partial charge in [0.05, 0.1) is 5.69 Å². The third kappa shape index (κ3) is 2.70. The van der Waals surface area contributed by atoms with Crippen LogP contribution in [-0.4, -0.2) is 25.1 Å². The van der Waals surface area contributed by atoms with Crippen molar-refractivity contribution in [1.29, 1.82) is 0 Å². The third-order valence-electron chi connectivity index (χ3n) is 2.24. The molecular formula is C11H19N3. The van der Waals surface area contributed by atoms with Crippen LogP contribution in [0.15, 0.2) is 18.2 Å². The highest BCUT2D eigenvalue weighted by atomic mass is 15.2. The highest BCUT2D eigenvalue weighted by Crippen LogP contribution is 2.10. The Labute approximate surface area is 86.2 Å². The molecule has 3 heteroatoms. The van der Waals surface area contributed by atoms with Crippen LogP contribution in [0.25, 0.3) is 0 Å². The van der Waals surface area contributed by atoms with E-state index < -0.39 is 0 Å². The monoisotopic (exact) mass is 193 g/mol. The first kappa shape index (κ1) is 11.0. The molecule has 0 radical (unpaired) electrons. The molecular weight excluding hydrogens is 174 g/mol. The molecule has 1 rings (SSSR count). The Morgan fingerprint density at radius 1 is 1.29 bits per heavy atom. The number of pyridine rings is 1. The molecule has 1 N–H and O–H groups in total. The van der Waals surface area contributed by atoms with E-state index in [-0.39, 0.29) is 0 Å². The van der Waals surface area contributed by atoms with Crippen molar-refractivity contribution >= 4 is 5.82 Å².